The minimum Gasteiger partial charge on any atom is -0.381 e. The van der Waals surface area contributed by atoms with Crippen LogP contribution in [0.1, 0.15) is 48.3 Å². The molecule has 0 unspecified atom stereocenters. The molecule has 2 aliphatic heterocycles. The minimum atomic E-state index is 0.666. The van der Waals surface area contributed by atoms with E-state index in [1.165, 1.54) is 55.5 Å². The van der Waals surface area contributed by atoms with Gasteiger partial charge in [0.25, 0.3) is 0 Å². The second kappa shape index (κ2) is 13.5. The maximum absolute atomic E-state index is 6.38. The molecule has 0 aliphatic carbocycles. The first kappa shape index (κ1) is 28.4. The van der Waals surface area contributed by atoms with Gasteiger partial charge < -0.3 is 15.5 Å². The average molecular weight is 566 g/mol. The topological polar surface area (TPSA) is 30.5 Å². The molecule has 2 fully saturated rings. The molecule has 0 bridgehead atoms. The summed E-state index contributed by atoms with van der Waals surface area (Å²) in [5.41, 5.74) is 7.46. The fraction of sp³-hybridized carbons (Fsp3) is 0.455. The van der Waals surface area contributed by atoms with Crippen LogP contribution in [0, 0.1) is 5.92 Å². The molecule has 208 valence electrons. The van der Waals surface area contributed by atoms with Crippen LogP contribution in [0.2, 0.25) is 10.0 Å². The first-order valence-electron chi connectivity index (χ1n) is 14.4. The van der Waals surface area contributed by atoms with Crippen molar-refractivity contribution in [2.45, 2.75) is 44.7 Å². The molecule has 0 radical (unpaired) electrons. The quantitative estimate of drug-likeness (QED) is 0.281. The molecule has 2 heterocycles. The Bertz CT molecular complexity index is 1190. The monoisotopic (exact) mass is 564 g/mol. The molecule has 0 aromatic heterocycles. The molecular formula is C33H42Cl2N4. The van der Waals surface area contributed by atoms with Gasteiger partial charge in [0.2, 0.25) is 0 Å². The third-order valence-electron chi connectivity index (χ3n) is 8.45. The van der Waals surface area contributed by atoms with Crippen LogP contribution in [0.3, 0.4) is 0 Å². The number of anilines is 1. The van der Waals surface area contributed by atoms with Crippen molar-refractivity contribution in [1.29, 1.82) is 0 Å². The highest BCUT2D eigenvalue weighted by Crippen LogP contribution is 2.31. The Morgan fingerprint density at radius 1 is 0.769 bits per heavy atom. The summed E-state index contributed by atoms with van der Waals surface area (Å²) in [6.45, 7) is 7.53. The molecule has 2 aliphatic rings. The lowest BCUT2D eigenvalue weighted by Crippen LogP contribution is -2.36. The number of hydrogen-bond donors (Lipinski definition) is 2. The van der Waals surface area contributed by atoms with Crippen molar-refractivity contribution in [3.8, 4) is 11.1 Å². The molecule has 6 heteroatoms. The number of likely N-dealkylation sites (tertiary alicyclic amines) is 2. The second-order valence-corrected chi connectivity index (χ2v) is 12.4. The number of piperidine rings is 2. The van der Waals surface area contributed by atoms with E-state index < -0.39 is 0 Å². The van der Waals surface area contributed by atoms with E-state index in [1.807, 2.05) is 12.1 Å². The highest BCUT2D eigenvalue weighted by Gasteiger charge is 2.20. The predicted octanol–water partition coefficient (Wildman–Crippen LogP) is 7.51. The minimum absolute atomic E-state index is 0.666. The summed E-state index contributed by atoms with van der Waals surface area (Å²) in [5.74, 6) is 1.47. The summed E-state index contributed by atoms with van der Waals surface area (Å²) in [6.07, 6.45) is 5.01. The van der Waals surface area contributed by atoms with E-state index in [9.17, 15) is 0 Å². The van der Waals surface area contributed by atoms with Crippen molar-refractivity contribution in [3.63, 3.8) is 0 Å². The standard InChI is InChI=1S/C33H42Cl2N4/c1-36-21-24-7-13-39(14-8-24)23-26-15-25(16-29(17-26)30-18-31(34)20-32(35)19-30)22-37-33-5-3-27(4-6-33)28-9-11-38(2)12-10-28/h3-6,15-20,24,28,36-37H,7-14,21-23H2,1-2H3. The number of rotatable bonds is 9. The molecule has 5 rings (SSSR count). The number of nitrogens with one attached hydrogen (secondary N) is 2. The van der Waals surface area contributed by atoms with Crippen molar-refractivity contribution in [2.24, 2.45) is 5.92 Å². The van der Waals surface area contributed by atoms with Crippen LogP contribution in [0.4, 0.5) is 5.69 Å². The van der Waals surface area contributed by atoms with Gasteiger partial charge in [0, 0.05) is 28.8 Å². The lowest BCUT2D eigenvalue weighted by atomic mass is 9.89. The van der Waals surface area contributed by atoms with Gasteiger partial charge in [-0.05, 0) is 155 Å². The zero-order chi connectivity index (χ0) is 27.2. The molecule has 3 aromatic rings. The SMILES string of the molecule is CNCC1CCN(Cc2cc(CNc3ccc(C4CCN(C)CC4)cc3)cc(-c3cc(Cl)cc(Cl)c3)c2)CC1. The van der Waals surface area contributed by atoms with E-state index in [0.717, 1.165) is 55.5 Å². The Morgan fingerprint density at radius 2 is 1.41 bits per heavy atom. The van der Waals surface area contributed by atoms with Crippen molar-refractivity contribution in [2.75, 3.05) is 52.1 Å². The summed E-state index contributed by atoms with van der Waals surface area (Å²) in [7, 11) is 4.28. The van der Waals surface area contributed by atoms with Gasteiger partial charge in [0.05, 0.1) is 0 Å². The van der Waals surface area contributed by atoms with Crippen LogP contribution in [0.15, 0.2) is 60.7 Å². The molecule has 0 spiro atoms. The maximum Gasteiger partial charge on any atom is 0.0426 e. The number of hydrogen-bond acceptors (Lipinski definition) is 4. The first-order chi connectivity index (χ1) is 18.9. The van der Waals surface area contributed by atoms with Crippen LogP contribution in [0.5, 0.6) is 0 Å². The Labute approximate surface area is 244 Å². The third-order valence-corrected chi connectivity index (χ3v) is 8.89. The Morgan fingerprint density at radius 3 is 2.08 bits per heavy atom. The molecule has 4 nitrogen and oxygen atoms in total. The normalized spacial score (nSPS) is 17.9. The van der Waals surface area contributed by atoms with E-state index in [2.05, 4.69) is 77.0 Å². The highest BCUT2D eigenvalue weighted by molar-refractivity contribution is 6.35. The van der Waals surface area contributed by atoms with E-state index in [1.54, 1.807) is 6.07 Å². The third kappa shape index (κ3) is 7.99. The number of nitrogens with zero attached hydrogens (tertiary/aromatic N) is 2. The van der Waals surface area contributed by atoms with Crippen molar-refractivity contribution < 1.29 is 0 Å². The fourth-order valence-corrected chi connectivity index (χ4v) is 6.68. The molecule has 2 N–H and O–H groups in total. The lowest BCUT2D eigenvalue weighted by molar-refractivity contribution is 0.177. The van der Waals surface area contributed by atoms with Gasteiger partial charge in [-0.15, -0.1) is 0 Å². The highest BCUT2D eigenvalue weighted by atomic mass is 35.5. The van der Waals surface area contributed by atoms with Gasteiger partial charge in [0.1, 0.15) is 0 Å². The summed E-state index contributed by atoms with van der Waals surface area (Å²) < 4.78 is 0. The molecule has 39 heavy (non-hydrogen) atoms. The fourth-order valence-electron chi connectivity index (χ4n) is 6.16. The van der Waals surface area contributed by atoms with Gasteiger partial charge in [-0.1, -0.05) is 41.4 Å². The molecule has 0 atom stereocenters. The van der Waals surface area contributed by atoms with Gasteiger partial charge in [-0.2, -0.15) is 0 Å². The van der Waals surface area contributed by atoms with Crippen LogP contribution >= 0.6 is 23.2 Å². The van der Waals surface area contributed by atoms with E-state index in [-0.39, 0.29) is 0 Å². The van der Waals surface area contributed by atoms with Crippen LogP contribution in [-0.2, 0) is 13.1 Å². The summed E-state index contributed by atoms with van der Waals surface area (Å²) in [5, 5.41) is 8.34. The number of benzene rings is 3. The Hall–Kier alpha value is -2.08. The van der Waals surface area contributed by atoms with Crippen molar-refractivity contribution in [1.82, 2.24) is 15.1 Å². The molecule has 2 saturated heterocycles. The van der Waals surface area contributed by atoms with Crippen molar-refractivity contribution >= 4 is 28.9 Å². The number of halogens is 2. The molecule has 3 aromatic carbocycles. The largest absolute Gasteiger partial charge is 0.381 e. The van der Waals surface area contributed by atoms with Crippen LogP contribution in [0.25, 0.3) is 11.1 Å². The summed E-state index contributed by atoms with van der Waals surface area (Å²) >= 11 is 12.8. The summed E-state index contributed by atoms with van der Waals surface area (Å²) in [6, 6.07) is 21.8. The van der Waals surface area contributed by atoms with Gasteiger partial charge >= 0.3 is 0 Å². The van der Waals surface area contributed by atoms with Crippen molar-refractivity contribution in [3.05, 3.63) is 87.4 Å². The summed E-state index contributed by atoms with van der Waals surface area (Å²) in [4.78, 5) is 5.02. The Kier molecular flexibility index (Phi) is 9.86. The average Bonchev–Trinajstić information content (AvgIpc) is 2.93. The maximum atomic E-state index is 6.38. The van der Waals surface area contributed by atoms with Gasteiger partial charge in [-0.3, -0.25) is 4.90 Å². The van der Waals surface area contributed by atoms with E-state index in [4.69, 9.17) is 23.2 Å². The van der Waals surface area contributed by atoms with Crippen LogP contribution in [-0.4, -0.2) is 56.6 Å². The lowest BCUT2D eigenvalue weighted by Gasteiger charge is -2.32. The predicted molar refractivity (Wildman–Crippen MR) is 167 cm³/mol. The smallest absolute Gasteiger partial charge is 0.0426 e. The van der Waals surface area contributed by atoms with E-state index >= 15 is 0 Å². The van der Waals surface area contributed by atoms with Gasteiger partial charge in [0.15, 0.2) is 0 Å². The zero-order valence-corrected chi connectivity index (χ0v) is 24.9. The molecule has 0 saturated carbocycles. The van der Waals surface area contributed by atoms with Crippen LogP contribution < -0.4 is 10.6 Å². The van der Waals surface area contributed by atoms with Gasteiger partial charge in [-0.25, -0.2) is 0 Å². The molecular weight excluding hydrogens is 523 g/mol. The second-order valence-electron chi connectivity index (χ2n) is 11.5. The Balaban J connectivity index is 1.30. The van der Waals surface area contributed by atoms with E-state index in [0.29, 0.717) is 16.0 Å². The first-order valence-corrected chi connectivity index (χ1v) is 15.2. The zero-order valence-electron chi connectivity index (χ0n) is 23.4. The molecule has 0 amide bonds.